The van der Waals surface area contributed by atoms with Gasteiger partial charge in [-0.3, -0.25) is 0 Å². The molecule has 0 N–H and O–H groups in total. The molecule has 1 aromatic heterocycles. The molecule has 1 aliphatic heterocycles. The fourth-order valence-corrected chi connectivity index (χ4v) is 2.48. The summed E-state index contributed by atoms with van der Waals surface area (Å²) in [5, 5.41) is 0. The summed E-state index contributed by atoms with van der Waals surface area (Å²) in [6, 6.07) is 0. The van der Waals surface area contributed by atoms with E-state index in [1.807, 2.05) is 15.7 Å². The number of hydrogen-bond donors (Lipinski definition) is 0. The van der Waals surface area contributed by atoms with Crippen molar-refractivity contribution in [3.63, 3.8) is 0 Å². The number of alkyl halides is 3. The molecule has 1 aromatic rings. The molecule has 2 heterocycles. The standard InChI is InChI=1S/C12H18F3N3/c13-12(14,15)3-6-17-5-1-2-11(8-17)9-18-7-4-16-10-18/h4,7,10-11H,1-3,5-6,8-9H2/t11-/m0/s1. The number of piperidine rings is 1. The summed E-state index contributed by atoms with van der Waals surface area (Å²) in [4.78, 5) is 5.91. The average Bonchev–Trinajstić information content (AvgIpc) is 2.79. The van der Waals surface area contributed by atoms with E-state index >= 15 is 0 Å². The van der Waals surface area contributed by atoms with E-state index in [-0.39, 0.29) is 6.54 Å². The minimum Gasteiger partial charge on any atom is -0.337 e. The monoisotopic (exact) mass is 261 g/mol. The fraction of sp³-hybridized carbons (Fsp3) is 0.750. The van der Waals surface area contributed by atoms with Crippen molar-refractivity contribution in [3.05, 3.63) is 18.7 Å². The van der Waals surface area contributed by atoms with Gasteiger partial charge in [-0.2, -0.15) is 13.2 Å². The van der Waals surface area contributed by atoms with Crippen LogP contribution in [0.15, 0.2) is 18.7 Å². The Morgan fingerprint density at radius 3 is 2.83 bits per heavy atom. The quantitative estimate of drug-likeness (QED) is 0.830. The number of halogens is 3. The Hall–Kier alpha value is -1.04. The molecule has 18 heavy (non-hydrogen) atoms. The highest BCUT2D eigenvalue weighted by Crippen LogP contribution is 2.23. The Morgan fingerprint density at radius 2 is 2.17 bits per heavy atom. The predicted molar refractivity (Wildman–Crippen MR) is 62.1 cm³/mol. The van der Waals surface area contributed by atoms with E-state index in [0.717, 1.165) is 32.5 Å². The molecule has 0 spiro atoms. The van der Waals surface area contributed by atoms with Crippen molar-refractivity contribution in [3.8, 4) is 0 Å². The molecule has 0 aliphatic carbocycles. The van der Waals surface area contributed by atoms with Crippen LogP contribution in [-0.2, 0) is 6.54 Å². The zero-order valence-electron chi connectivity index (χ0n) is 10.2. The predicted octanol–water partition coefficient (Wildman–Crippen LogP) is 2.55. The van der Waals surface area contributed by atoms with Crippen LogP contribution in [0.4, 0.5) is 13.2 Å². The van der Waals surface area contributed by atoms with E-state index < -0.39 is 12.6 Å². The lowest BCUT2D eigenvalue weighted by atomic mass is 9.98. The largest absolute Gasteiger partial charge is 0.390 e. The number of rotatable bonds is 4. The number of aromatic nitrogens is 2. The van der Waals surface area contributed by atoms with E-state index in [2.05, 4.69) is 4.98 Å². The summed E-state index contributed by atoms with van der Waals surface area (Å²) < 4.78 is 38.5. The van der Waals surface area contributed by atoms with Crippen molar-refractivity contribution in [1.82, 2.24) is 14.5 Å². The summed E-state index contributed by atoms with van der Waals surface area (Å²) in [6.07, 6.45) is 2.70. The van der Waals surface area contributed by atoms with Crippen LogP contribution in [-0.4, -0.2) is 40.3 Å². The zero-order valence-corrected chi connectivity index (χ0v) is 10.2. The van der Waals surface area contributed by atoms with Crippen LogP contribution in [0.3, 0.4) is 0 Å². The molecule has 1 fully saturated rings. The van der Waals surface area contributed by atoms with Crippen LogP contribution < -0.4 is 0 Å². The third-order valence-electron chi connectivity index (χ3n) is 3.34. The van der Waals surface area contributed by atoms with Crippen molar-refractivity contribution in [2.24, 2.45) is 5.92 Å². The summed E-state index contributed by atoms with van der Waals surface area (Å²) in [6.45, 7) is 2.53. The first-order valence-electron chi connectivity index (χ1n) is 6.28. The molecule has 1 atom stereocenters. The highest BCUT2D eigenvalue weighted by molar-refractivity contribution is 4.79. The molecule has 6 heteroatoms. The second-order valence-corrected chi connectivity index (χ2v) is 4.93. The Kier molecular flexibility index (Phi) is 4.27. The normalized spacial score (nSPS) is 22.3. The molecule has 0 bridgehead atoms. The average molecular weight is 261 g/mol. The highest BCUT2D eigenvalue weighted by Gasteiger charge is 2.29. The van der Waals surface area contributed by atoms with Crippen molar-refractivity contribution in [2.75, 3.05) is 19.6 Å². The fourth-order valence-electron chi connectivity index (χ4n) is 2.48. The Balaban J connectivity index is 1.77. The maximum absolute atomic E-state index is 12.2. The lowest BCUT2D eigenvalue weighted by molar-refractivity contribution is -0.138. The lowest BCUT2D eigenvalue weighted by Gasteiger charge is -2.33. The van der Waals surface area contributed by atoms with Gasteiger partial charge in [0.25, 0.3) is 0 Å². The molecule has 1 saturated heterocycles. The maximum Gasteiger partial charge on any atom is 0.390 e. The SMILES string of the molecule is FC(F)(F)CCN1CCC[C@H](Cn2ccnc2)C1. The number of nitrogens with zero attached hydrogens (tertiary/aromatic N) is 3. The molecular formula is C12H18F3N3. The number of likely N-dealkylation sites (tertiary alicyclic amines) is 1. The van der Waals surface area contributed by atoms with Crippen LogP contribution in [0.25, 0.3) is 0 Å². The third-order valence-corrected chi connectivity index (χ3v) is 3.34. The van der Waals surface area contributed by atoms with E-state index in [4.69, 9.17) is 0 Å². The smallest absolute Gasteiger partial charge is 0.337 e. The minimum absolute atomic E-state index is 0.129. The van der Waals surface area contributed by atoms with Crippen molar-refractivity contribution < 1.29 is 13.2 Å². The first-order valence-corrected chi connectivity index (χ1v) is 6.28. The van der Waals surface area contributed by atoms with Gasteiger partial charge in [0.15, 0.2) is 0 Å². The molecule has 0 aromatic carbocycles. The van der Waals surface area contributed by atoms with Gasteiger partial charge in [0, 0.05) is 32.0 Å². The summed E-state index contributed by atoms with van der Waals surface area (Å²) in [7, 11) is 0. The molecule has 0 radical (unpaired) electrons. The molecule has 0 unspecified atom stereocenters. The van der Waals surface area contributed by atoms with Gasteiger partial charge in [-0.05, 0) is 25.3 Å². The molecule has 3 nitrogen and oxygen atoms in total. The Bertz CT molecular complexity index is 348. The van der Waals surface area contributed by atoms with E-state index in [0.29, 0.717) is 5.92 Å². The molecule has 2 rings (SSSR count). The first kappa shape index (κ1) is 13.4. The highest BCUT2D eigenvalue weighted by atomic mass is 19.4. The second kappa shape index (κ2) is 5.73. The van der Waals surface area contributed by atoms with Crippen LogP contribution in [0.1, 0.15) is 19.3 Å². The molecule has 1 aliphatic rings. The van der Waals surface area contributed by atoms with Crippen molar-refractivity contribution >= 4 is 0 Å². The van der Waals surface area contributed by atoms with Crippen molar-refractivity contribution in [1.29, 1.82) is 0 Å². The van der Waals surface area contributed by atoms with Crippen molar-refractivity contribution in [2.45, 2.75) is 32.0 Å². The van der Waals surface area contributed by atoms with Gasteiger partial charge >= 0.3 is 6.18 Å². The van der Waals surface area contributed by atoms with Crippen LogP contribution in [0.5, 0.6) is 0 Å². The second-order valence-electron chi connectivity index (χ2n) is 4.93. The van der Waals surface area contributed by atoms with Gasteiger partial charge < -0.3 is 9.47 Å². The Morgan fingerprint density at radius 1 is 1.33 bits per heavy atom. The summed E-state index contributed by atoms with van der Waals surface area (Å²) in [5.41, 5.74) is 0. The van der Waals surface area contributed by atoms with Gasteiger partial charge in [-0.25, -0.2) is 4.98 Å². The number of hydrogen-bond acceptors (Lipinski definition) is 2. The summed E-state index contributed by atoms with van der Waals surface area (Å²) >= 11 is 0. The van der Waals surface area contributed by atoms with Gasteiger partial charge in [-0.1, -0.05) is 0 Å². The van der Waals surface area contributed by atoms with Crippen LogP contribution in [0.2, 0.25) is 0 Å². The van der Waals surface area contributed by atoms with Gasteiger partial charge in [-0.15, -0.1) is 0 Å². The topological polar surface area (TPSA) is 21.1 Å². The van der Waals surface area contributed by atoms with Crippen LogP contribution in [0, 0.1) is 5.92 Å². The first-order chi connectivity index (χ1) is 8.53. The third kappa shape index (κ3) is 4.33. The maximum atomic E-state index is 12.2. The molecular weight excluding hydrogens is 243 g/mol. The van der Waals surface area contributed by atoms with E-state index in [1.54, 1.807) is 12.5 Å². The summed E-state index contributed by atoms with van der Waals surface area (Å²) in [5.74, 6) is 0.432. The van der Waals surface area contributed by atoms with Crippen LogP contribution >= 0.6 is 0 Å². The molecule has 0 amide bonds. The van der Waals surface area contributed by atoms with Gasteiger partial charge in [0.05, 0.1) is 12.7 Å². The molecule has 0 saturated carbocycles. The number of imidazole rings is 1. The Labute approximate surface area is 105 Å². The van der Waals surface area contributed by atoms with E-state index in [1.165, 1.54) is 0 Å². The molecule has 102 valence electrons. The van der Waals surface area contributed by atoms with Gasteiger partial charge in [0.2, 0.25) is 0 Å². The minimum atomic E-state index is -4.04. The van der Waals surface area contributed by atoms with E-state index in [9.17, 15) is 13.2 Å². The lowest BCUT2D eigenvalue weighted by Crippen LogP contribution is -2.38. The zero-order chi connectivity index (χ0) is 13.0. The van der Waals surface area contributed by atoms with Gasteiger partial charge in [0.1, 0.15) is 0 Å².